The van der Waals surface area contributed by atoms with Gasteiger partial charge in [0.2, 0.25) is 0 Å². The van der Waals surface area contributed by atoms with Crippen molar-refractivity contribution in [2.45, 2.75) is 164 Å². The average Bonchev–Trinajstić information content (AvgIpc) is 2.94. The lowest BCUT2D eigenvalue weighted by Crippen LogP contribution is -2.73. The molecule has 0 atom stereocenters. The van der Waals surface area contributed by atoms with E-state index in [2.05, 4.69) is 11.7 Å². The zero-order chi connectivity index (χ0) is 36.1. The van der Waals surface area contributed by atoms with Gasteiger partial charge in [0.05, 0.1) is 13.0 Å². The first kappa shape index (κ1) is 44.4. The average molecular weight is 713 g/mol. The Balaban J connectivity index is 4.73. The SMILES string of the molecule is CCCCCCCCCCCCCCCCCC(=O)OCCC(F)(F)C(F)(F)C(F)(F)C(F)(F)C(F)(F)C(F)(F)C(F)(F)C(F)F. The summed E-state index contributed by atoms with van der Waals surface area (Å²) in [4.78, 5) is 11.6. The fourth-order valence-electron chi connectivity index (χ4n) is 4.33. The van der Waals surface area contributed by atoms with E-state index in [1.165, 1.54) is 38.5 Å². The number of carbonyl (C=O) groups is 1. The Hall–Kier alpha value is -1.65. The highest BCUT2D eigenvalue weighted by molar-refractivity contribution is 5.69. The number of alkyl halides is 16. The molecule has 0 unspecified atom stereocenters. The highest BCUT2D eigenvalue weighted by Crippen LogP contribution is 2.63. The molecule has 0 aliphatic carbocycles. The quantitative estimate of drug-likeness (QED) is 0.0507. The monoisotopic (exact) mass is 712 g/mol. The zero-order valence-corrected chi connectivity index (χ0v) is 25.2. The molecule has 2 nitrogen and oxygen atoms in total. The second-order valence-electron chi connectivity index (χ2n) is 11.2. The van der Waals surface area contributed by atoms with Gasteiger partial charge in [0.1, 0.15) is 0 Å². The molecule has 0 amide bonds. The maximum Gasteiger partial charge on any atom is 0.384 e. The Labute approximate surface area is 257 Å². The predicted molar refractivity (Wildman–Crippen MR) is 136 cm³/mol. The van der Waals surface area contributed by atoms with Crippen molar-refractivity contribution in [3.05, 3.63) is 0 Å². The molecule has 0 aromatic carbocycles. The van der Waals surface area contributed by atoms with Gasteiger partial charge in [-0.2, -0.15) is 61.5 Å². The van der Waals surface area contributed by atoms with E-state index in [1.807, 2.05) is 0 Å². The van der Waals surface area contributed by atoms with Gasteiger partial charge in [-0.3, -0.25) is 4.79 Å². The molecule has 0 aliphatic rings. The van der Waals surface area contributed by atoms with Crippen LogP contribution in [0.5, 0.6) is 0 Å². The van der Waals surface area contributed by atoms with E-state index in [0.717, 1.165) is 38.5 Å². The van der Waals surface area contributed by atoms with Crippen LogP contribution in [0, 0.1) is 0 Å². The van der Waals surface area contributed by atoms with Crippen LogP contribution in [0.4, 0.5) is 70.2 Å². The van der Waals surface area contributed by atoms with Gasteiger partial charge in [-0.25, -0.2) is 8.78 Å². The molecule has 276 valence electrons. The van der Waals surface area contributed by atoms with Crippen molar-refractivity contribution in [2.75, 3.05) is 6.61 Å². The molecule has 0 aromatic rings. The van der Waals surface area contributed by atoms with Gasteiger partial charge in [0.25, 0.3) is 0 Å². The van der Waals surface area contributed by atoms with Crippen molar-refractivity contribution in [1.82, 2.24) is 0 Å². The van der Waals surface area contributed by atoms with Gasteiger partial charge in [0.15, 0.2) is 0 Å². The van der Waals surface area contributed by atoms with Crippen molar-refractivity contribution in [3.8, 4) is 0 Å². The number of carbonyl (C=O) groups excluding carboxylic acids is 1. The van der Waals surface area contributed by atoms with E-state index >= 15 is 0 Å². The van der Waals surface area contributed by atoms with Crippen LogP contribution in [0.2, 0.25) is 0 Å². The molecular formula is C28H40F16O2. The maximum atomic E-state index is 13.9. The molecule has 0 N–H and O–H groups in total. The fourth-order valence-corrected chi connectivity index (χ4v) is 4.33. The number of ether oxygens (including phenoxy) is 1. The minimum Gasteiger partial charge on any atom is -0.465 e. The third kappa shape index (κ3) is 10.7. The molecule has 18 heteroatoms. The molecule has 46 heavy (non-hydrogen) atoms. The van der Waals surface area contributed by atoms with Gasteiger partial charge in [-0.05, 0) is 6.42 Å². The van der Waals surface area contributed by atoms with Crippen LogP contribution in [-0.4, -0.2) is 60.5 Å². The Kier molecular flexibility index (Phi) is 17.6. The third-order valence-corrected chi connectivity index (χ3v) is 7.39. The molecule has 0 saturated heterocycles. The number of unbranched alkanes of at least 4 members (excludes halogenated alkanes) is 14. The summed E-state index contributed by atoms with van der Waals surface area (Å²) in [5.74, 6) is -56.1. The van der Waals surface area contributed by atoms with Gasteiger partial charge >= 0.3 is 53.9 Å². The Morgan fingerprint density at radius 1 is 0.500 bits per heavy atom. The van der Waals surface area contributed by atoms with Crippen LogP contribution in [0.3, 0.4) is 0 Å². The van der Waals surface area contributed by atoms with E-state index in [1.54, 1.807) is 0 Å². The normalized spacial score (nSPS) is 14.3. The predicted octanol–water partition coefficient (Wildman–Crippen LogP) is 11.9. The van der Waals surface area contributed by atoms with Crippen molar-refractivity contribution < 1.29 is 79.8 Å². The molecule has 0 bridgehead atoms. The van der Waals surface area contributed by atoms with E-state index < -0.39 is 73.3 Å². The standard InChI is InChI=1S/C28H40F16O2/c1-2-3-4-5-6-7-8-9-10-11-12-13-14-15-16-17-20(45)46-19-18-22(31,32)24(35,36)26(39,40)28(43,44)27(41,42)25(37,38)23(33,34)21(29)30/h21H,2-19H2,1H3. The Morgan fingerprint density at radius 3 is 1.20 bits per heavy atom. The first-order valence-electron chi connectivity index (χ1n) is 15.0. The number of hydrogen-bond donors (Lipinski definition) is 0. The van der Waals surface area contributed by atoms with Crippen LogP contribution < -0.4 is 0 Å². The van der Waals surface area contributed by atoms with E-state index in [4.69, 9.17) is 0 Å². The Morgan fingerprint density at radius 2 is 0.826 bits per heavy atom. The molecule has 0 aromatic heterocycles. The lowest BCUT2D eigenvalue weighted by atomic mass is 9.88. The number of hydrogen-bond acceptors (Lipinski definition) is 2. The van der Waals surface area contributed by atoms with Crippen molar-refractivity contribution in [2.24, 2.45) is 0 Å². The highest BCUT2D eigenvalue weighted by atomic mass is 19.4. The molecule has 0 spiro atoms. The summed E-state index contributed by atoms with van der Waals surface area (Å²) in [5, 5.41) is 0. The third-order valence-electron chi connectivity index (χ3n) is 7.39. The van der Waals surface area contributed by atoms with Gasteiger partial charge in [-0.1, -0.05) is 96.8 Å². The molecule has 0 heterocycles. The minimum atomic E-state index is -8.43. The summed E-state index contributed by atoms with van der Waals surface area (Å²) in [6.45, 7) is 0.299. The molecule has 0 saturated carbocycles. The molecule has 0 aliphatic heterocycles. The maximum absolute atomic E-state index is 13.9. The number of rotatable bonds is 26. The highest BCUT2D eigenvalue weighted by Gasteiger charge is 2.93. The fraction of sp³-hybridized carbons (Fsp3) is 0.964. The van der Waals surface area contributed by atoms with E-state index in [9.17, 15) is 75.0 Å². The largest absolute Gasteiger partial charge is 0.465 e. The van der Waals surface area contributed by atoms with E-state index in [-0.39, 0.29) is 6.42 Å². The zero-order valence-electron chi connectivity index (χ0n) is 25.2. The van der Waals surface area contributed by atoms with Crippen LogP contribution >= 0.6 is 0 Å². The van der Waals surface area contributed by atoms with Crippen LogP contribution in [-0.2, 0) is 9.53 Å². The molecule has 0 radical (unpaired) electrons. The lowest BCUT2D eigenvalue weighted by Gasteiger charge is -2.42. The minimum absolute atomic E-state index is 0.139. The first-order chi connectivity index (χ1) is 20.9. The first-order valence-corrected chi connectivity index (χ1v) is 15.0. The molecular weight excluding hydrogens is 672 g/mol. The summed E-state index contributed by atoms with van der Waals surface area (Å²) in [7, 11) is 0. The van der Waals surface area contributed by atoms with Gasteiger partial charge in [-0.15, -0.1) is 0 Å². The van der Waals surface area contributed by atoms with Crippen LogP contribution in [0.25, 0.3) is 0 Å². The smallest absolute Gasteiger partial charge is 0.384 e. The van der Waals surface area contributed by atoms with Gasteiger partial charge < -0.3 is 4.74 Å². The Bertz CT molecular complexity index is 878. The number of esters is 1. The van der Waals surface area contributed by atoms with E-state index in [0.29, 0.717) is 12.8 Å². The molecule has 0 rings (SSSR count). The summed E-state index contributed by atoms with van der Waals surface area (Å²) in [5.41, 5.74) is 0. The van der Waals surface area contributed by atoms with Crippen molar-refractivity contribution in [3.63, 3.8) is 0 Å². The summed E-state index contributed by atoms with van der Waals surface area (Å²) < 4.78 is 218. The lowest BCUT2D eigenvalue weighted by molar-refractivity contribution is -0.447. The summed E-state index contributed by atoms with van der Waals surface area (Å²) in [6, 6.07) is 0. The van der Waals surface area contributed by atoms with Crippen LogP contribution in [0.15, 0.2) is 0 Å². The number of halogens is 16. The topological polar surface area (TPSA) is 26.3 Å². The molecule has 0 fully saturated rings. The summed E-state index contributed by atoms with van der Waals surface area (Å²) in [6.07, 6.45) is 5.64. The van der Waals surface area contributed by atoms with Crippen molar-refractivity contribution >= 4 is 5.97 Å². The second-order valence-corrected chi connectivity index (χ2v) is 11.2. The van der Waals surface area contributed by atoms with Crippen LogP contribution in [0.1, 0.15) is 116 Å². The summed E-state index contributed by atoms with van der Waals surface area (Å²) >= 11 is 0. The van der Waals surface area contributed by atoms with Crippen molar-refractivity contribution in [1.29, 1.82) is 0 Å². The second kappa shape index (κ2) is 18.2. The van der Waals surface area contributed by atoms with Gasteiger partial charge in [0, 0.05) is 6.42 Å².